The minimum atomic E-state index is -3.38. The Labute approximate surface area is 177 Å². The van der Waals surface area contributed by atoms with Crippen LogP contribution in [0.25, 0.3) is 0 Å². The zero-order chi connectivity index (χ0) is 22.3. The number of hydrogen-bond acceptors (Lipinski definition) is 7. The van der Waals surface area contributed by atoms with Gasteiger partial charge in [0.25, 0.3) is 5.91 Å². The highest BCUT2D eigenvalue weighted by Gasteiger charge is 2.36. The molecule has 0 aromatic heterocycles. The zero-order valence-electron chi connectivity index (χ0n) is 17.2. The predicted octanol–water partition coefficient (Wildman–Crippen LogP) is 0.590. The Bertz CT molecular complexity index is 1070. The molecule has 2 atom stereocenters. The third-order valence-electron chi connectivity index (χ3n) is 5.47. The van der Waals surface area contributed by atoms with Gasteiger partial charge >= 0.3 is 5.97 Å². The number of likely N-dealkylation sites (N-methyl/N-ethyl adjacent to an activating group) is 1. The number of ether oxygens (including phenoxy) is 1. The van der Waals surface area contributed by atoms with Crippen LogP contribution < -0.4 is 4.31 Å². The van der Waals surface area contributed by atoms with Crippen molar-refractivity contribution in [2.45, 2.75) is 38.8 Å². The molecule has 2 aliphatic heterocycles. The molecule has 0 aliphatic carbocycles. The lowest BCUT2D eigenvalue weighted by atomic mass is 10.1. The Kier molecular flexibility index (Phi) is 6.15. The highest BCUT2D eigenvalue weighted by Crippen LogP contribution is 2.31. The summed E-state index contributed by atoms with van der Waals surface area (Å²) < 4.78 is 53.7. The van der Waals surface area contributed by atoms with Crippen LogP contribution in [0.1, 0.15) is 36.2 Å². The molecule has 30 heavy (non-hydrogen) atoms. The number of amides is 1. The first-order valence-electron chi connectivity index (χ1n) is 9.75. The van der Waals surface area contributed by atoms with E-state index in [1.165, 1.54) is 22.2 Å². The van der Waals surface area contributed by atoms with E-state index in [1.54, 1.807) is 19.1 Å². The fourth-order valence-corrected chi connectivity index (χ4v) is 6.66. The predicted molar refractivity (Wildman–Crippen MR) is 112 cm³/mol. The Hall–Kier alpha value is -2.14. The molecule has 0 N–H and O–H groups in total. The standard InChI is InChI=1S/C19H26N2O7S2/c1-4-20(16-8-10-30(26,27)12-16)18(22)13(2)28-19(23)15-5-6-17-14(11-15)7-9-21(17)29(3,24)25/h5-6,11,13,16H,4,7-10,12H2,1-3H3. The van der Waals surface area contributed by atoms with Gasteiger partial charge in [0, 0.05) is 19.1 Å². The molecule has 0 radical (unpaired) electrons. The number of esters is 1. The van der Waals surface area contributed by atoms with Crippen LogP contribution in [0.4, 0.5) is 5.69 Å². The number of sulfonamides is 1. The molecule has 2 aliphatic rings. The van der Waals surface area contributed by atoms with Gasteiger partial charge in [-0.2, -0.15) is 0 Å². The quantitative estimate of drug-likeness (QED) is 0.573. The molecule has 2 heterocycles. The zero-order valence-corrected chi connectivity index (χ0v) is 18.8. The van der Waals surface area contributed by atoms with Crippen molar-refractivity contribution in [1.29, 1.82) is 0 Å². The number of sulfone groups is 1. The average molecular weight is 459 g/mol. The van der Waals surface area contributed by atoms with E-state index < -0.39 is 43.9 Å². The van der Waals surface area contributed by atoms with Gasteiger partial charge in [0.1, 0.15) is 0 Å². The second kappa shape index (κ2) is 8.18. The Morgan fingerprint density at radius 1 is 1.33 bits per heavy atom. The second-order valence-corrected chi connectivity index (χ2v) is 11.8. The lowest BCUT2D eigenvalue weighted by Crippen LogP contribution is -2.46. The maximum Gasteiger partial charge on any atom is 0.338 e. The van der Waals surface area contributed by atoms with E-state index in [0.717, 1.165) is 11.8 Å². The van der Waals surface area contributed by atoms with Crippen molar-refractivity contribution in [3.8, 4) is 0 Å². The summed E-state index contributed by atoms with van der Waals surface area (Å²) >= 11 is 0. The van der Waals surface area contributed by atoms with E-state index in [2.05, 4.69) is 0 Å². The molecule has 3 rings (SSSR count). The maximum atomic E-state index is 12.8. The average Bonchev–Trinajstić information content (AvgIpc) is 3.24. The highest BCUT2D eigenvalue weighted by molar-refractivity contribution is 7.92. The number of hydrogen-bond donors (Lipinski definition) is 0. The Morgan fingerprint density at radius 2 is 2.03 bits per heavy atom. The Balaban J connectivity index is 1.69. The van der Waals surface area contributed by atoms with Crippen LogP contribution in [0.2, 0.25) is 0 Å². The van der Waals surface area contributed by atoms with Crippen LogP contribution in [-0.2, 0) is 35.8 Å². The number of fused-ring (bicyclic) bond motifs is 1. The molecule has 166 valence electrons. The summed E-state index contributed by atoms with van der Waals surface area (Å²) in [6, 6.07) is 4.22. The molecule has 1 fully saturated rings. The van der Waals surface area contributed by atoms with Gasteiger partial charge < -0.3 is 9.64 Å². The molecule has 1 amide bonds. The van der Waals surface area contributed by atoms with E-state index in [4.69, 9.17) is 4.74 Å². The van der Waals surface area contributed by atoms with Crippen molar-refractivity contribution >= 4 is 37.4 Å². The minimum Gasteiger partial charge on any atom is -0.449 e. The van der Waals surface area contributed by atoms with Gasteiger partial charge in [-0.15, -0.1) is 0 Å². The number of nitrogens with zero attached hydrogens (tertiary/aromatic N) is 2. The van der Waals surface area contributed by atoms with E-state index in [1.807, 2.05) is 0 Å². The summed E-state index contributed by atoms with van der Waals surface area (Å²) in [5, 5.41) is 0. The molecule has 2 unspecified atom stereocenters. The van der Waals surface area contributed by atoms with Gasteiger partial charge in [-0.05, 0) is 50.5 Å². The summed E-state index contributed by atoms with van der Waals surface area (Å²) in [4.78, 5) is 26.8. The number of benzene rings is 1. The van der Waals surface area contributed by atoms with Crippen molar-refractivity contribution in [2.75, 3.05) is 35.2 Å². The fourth-order valence-electron chi connectivity index (χ4n) is 3.97. The number of anilines is 1. The molecule has 0 spiro atoms. The Morgan fingerprint density at radius 3 is 2.60 bits per heavy atom. The third kappa shape index (κ3) is 4.61. The van der Waals surface area contributed by atoms with Crippen LogP contribution in [0, 0.1) is 0 Å². The van der Waals surface area contributed by atoms with Crippen molar-refractivity contribution in [1.82, 2.24) is 4.90 Å². The van der Waals surface area contributed by atoms with Gasteiger partial charge in [-0.3, -0.25) is 9.10 Å². The first-order chi connectivity index (χ1) is 13.9. The van der Waals surface area contributed by atoms with E-state index >= 15 is 0 Å². The number of rotatable bonds is 6. The monoisotopic (exact) mass is 458 g/mol. The van der Waals surface area contributed by atoms with E-state index in [9.17, 15) is 26.4 Å². The molecule has 11 heteroatoms. The summed E-state index contributed by atoms with van der Waals surface area (Å²) in [5.41, 5.74) is 1.49. The first-order valence-corrected chi connectivity index (χ1v) is 13.4. The molecule has 0 saturated carbocycles. The molecule has 0 bridgehead atoms. The minimum absolute atomic E-state index is 0.0508. The van der Waals surface area contributed by atoms with Crippen molar-refractivity contribution < 1.29 is 31.2 Å². The van der Waals surface area contributed by atoms with Crippen molar-refractivity contribution in [2.24, 2.45) is 0 Å². The SMILES string of the molecule is CCN(C(=O)C(C)OC(=O)c1ccc2c(c1)CCN2S(C)(=O)=O)C1CCS(=O)(=O)C1. The van der Waals surface area contributed by atoms with Gasteiger partial charge in [0.2, 0.25) is 10.0 Å². The maximum absolute atomic E-state index is 12.8. The molecule has 9 nitrogen and oxygen atoms in total. The van der Waals surface area contributed by atoms with Crippen LogP contribution in [0.3, 0.4) is 0 Å². The van der Waals surface area contributed by atoms with Crippen LogP contribution in [-0.4, -0.2) is 76.6 Å². The second-order valence-electron chi connectivity index (χ2n) is 7.66. The normalized spacial score (nSPS) is 21.2. The highest BCUT2D eigenvalue weighted by atomic mass is 32.2. The van der Waals surface area contributed by atoms with Crippen LogP contribution in [0.15, 0.2) is 18.2 Å². The van der Waals surface area contributed by atoms with Crippen LogP contribution in [0.5, 0.6) is 0 Å². The number of carbonyl (C=O) groups excluding carboxylic acids is 2. The van der Waals surface area contributed by atoms with Gasteiger partial charge in [-0.1, -0.05) is 0 Å². The fraction of sp³-hybridized carbons (Fsp3) is 0.579. The summed E-state index contributed by atoms with van der Waals surface area (Å²) in [5.74, 6) is -1.15. The molecule has 1 saturated heterocycles. The molecular weight excluding hydrogens is 432 g/mol. The largest absolute Gasteiger partial charge is 0.449 e. The van der Waals surface area contributed by atoms with Gasteiger partial charge in [0.15, 0.2) is 15.9 Å². The van der Waals surface area contributed by atoms with Gasteiger partial charge in [0.05, 0.1) is 29.0 Å². The van der Waals surface area contributed by atoms with Gasteiger partial charge in [-0.25, -0.2) is 21.6 Å². The summed E-state index contributed by atoms with van der Waals surface area (Å²) in [6.07, 6.45) is 0.927. The van der Waals surface area contributed by atoms with E-state index in [-0.39, 0.29) is 17.1 Å². The summed E-state index contributed by atoms with van der Waals surface area (Å²) in [6.45, 7) is 3.86. The number of carbonyl (C=O) groups is 2. The first kappa shape index (κ1) is 22.5. The lowest BCUT2D eigenvalue weighted by molar-refractivity contribution is -0.141. The van der Waals surface area contributed by atoms with Crippen molar-refractivity contribution in [3.05, 3.63) is 29.3 Å². The topological polar surface area (TPSA) is 118 Å². The molecule has 1 aromatic rings. The molecule has 1 aromatic carbocycles. The third-order valence-corrected chi connectivity index (χ3v) is 8.40. The van der Waals surface area contributed by atoms with Crippen molar-refractivity contribution in [3.63, 3.8) is 0 Å². The van der Waals surface area contributed by atoms with Crippen LogP contribution >= 0.6 is 0 Å². The van der Waals surface area contributed by atoms with E-state index in [0.29, 0.717) is 31.6 Å². The summed E-state index contributed by atoms with van der Waals surface area (Å²) in [7, 11) is -6.53. The lowest BCUT2D eigenvalue weighted by Gasteiger charge is -2.29. The smallest absolute Gasteiger partial charge is 0.338 e. The molecular formula is C19H26N2O7S2.